The number of ether oxygens (including phenoxy) is 1. The van der Waals surface area contributed by atoms with Gasteiger partial charge in [0.1, 0.15) is 21.3 Å². The molecule has 0 aliphatic carbocycles. The fraction of sp³-hybridized carbons (Fsp3) is 0.308. The maximum Gasteiger partial charge on any atom is 0.269 e. The average molecular weight is 494 g/mol. The standard InChI is InChI=1S/C26H27N3O3S2/c1-3-5-11-18(4-2)17-29-25(31)21(34-26(29)33)16-20-23(32-19-12-7-6-8-13-19)27-22-14-9-10-15-28(22)24(20)30/h6-10,12-16,18H,3-5,11,17H2,1-2H3. The van der Waals surface area contributed by atoms with Gasteiger partial charge in [-0.15, -0.1) is 0 Å². The number of nitrogens with zero attached hydrogens (tertiary/aromatic N) is 3. The molecule has 1 amide bonds. The van der Waals surface area contributed by atoms with Gasteiger partial charge in [0, 0.05) is 12.7 Å². The second kappa shape index (κ2) is 11.0. The van der Waals surface area contributed by atoms with Crippen LogP contribution in [-0.4, -0.2) is 31.1 Å². The molecular weight excluding hydrogens is 466 g/mol. The number of benzene rings is 1. The van der Waals surface area contributed by atoms with Crippen LogP contribution < -0.4 is 10.3 Å². The van der Waals surface area contributed by atoms with Crippen molar-refractivity contribution < 1.29 is 9.53 Å². The second-order valence-electron chi connectivity index (χ2n) is 8.19. The van der Waals surface area contributed by atoms with E-state index in [9.17, 15) is 9.59 Å². The van der Waals surface area contributed by atoms with E-state index in [2.05, 4.69) is 18.8 Å². The van der Waals surface area contributed by atoms with Gasteiger partial charge in [-0.3, -0.25) is 18.9 Å². The summed E-state index contributed by atoms with van der Waals surface area (Å²) in [5.74, 6) is 0.931. The Balaban J connectivity index is 1.71. The van der Waals surface area contributed by atoms with E-state index in [-0.39, 0.29) is 22.9 Å². The van der Waals surface area contributed by atoms with Crippen molar-refractivity contribution in [2.45, 2.75) is 39.5 Å². The molecule has 4 rings (SSSR count). The number of carbonyl (C=O) groups is 1. The van der Waals surface area contributed by atoms with Gasteiger partial charge < -0.3 is 4.74 Å². The first-order chi connectivity index (χ1) is 16.5. The topological polar surface area (TPSA) is 63.9 Å². The lowest BCUT2D eigenvalue weighted by atomic mass is 9.99. The molecular formula is C26H27N3O3S2. The number of thioether (sulfide) groups is 1. The Bertz CT molecular complexity index is 1290. The van der Waals surface area contributed by atoms with Gasteiger partial charge in [0.25, 0.3) is 11.5 Å². The van der Waals surface area contributed by atoms with Crippen LogP contribution in [0.1, 0.15) is 45.1 Å². The van der Waals surface area contributed by atoms with Gasteiger partial charge in [0.05, 0.1) is 4.91 Å². The number of carbonyl (C=O) groups excluding carboxylic acids is 1. The second-order valence-corrected chi connectivity index (χ2v) is 9.86. The summed E-state index contributed by atoms with van der Waals surface area (Å²) < 4.78 is 7.95. The van der Waals surface area contributed by atoms with Crippen molar-refractivity contribution in [3.63, 3.8) is 0 Å². The Morgan fingerprint density at radius 1 is 1.12 bits per heavy atom. The van der Waals surface area contributed by atoms with Crippen molar-refractivity contribution >= 4 is 45.9 Å². The summed E-state index contributed by atoms with van der Waals surface area (Å²) in [7, 11) is 0. The monoisotopic (exact) mass is 493 g/mol. The predicted octanol–water partition coefficient (Wildman–Crippen LogP) is 5.90. The van der Waals surface area contributed by atoms with Crippen molar-refractivity contribution in [1.82, 2.24) is 14.3 Å². The average Bonchev–Trinajstić information content (AvgIpc) is 3.11. The predicted molar refractivity (Wildman–Crippen MR) is 141 cm³/mol. The summed E-state index contributed by atoms with van der Waals surface area (Å²) in [5.41, 5.74) is 0.368. The van der Waals surface area contributed by atoms with Crippen LogP contribution in [0.4, 0.5) is 0 Å². The minimum atomic E-state index is -0.309. The van der Waals surface area contributed by atoms with E-state index >= 15 is 0 Å². The number of aromatic nitrogens is 2. The summed E-state index contributed by atoms with van der Waals surface area (Å²) >= 11 is 6.75. The van der Waals surface area contributed by atoms with Crippen molar-refractivity contribution in [1.29, 1.82) is 0 Å². The van der Waals surface area contributed by atoms with Gasteiger partial charge >= 0.3 is 0 Å². The minimum absolute atomic E-state index is 0.155. The minimum Gasteiger partial charge on any atom is -0.438 e. The number of hydrogen-bond acceptors (Lipinski definition) is 6. The molecule has 1 aliphatic rings. The van der Waals surface area contributed by atoms with Crippen molar-refractivity contribution in [3.8, 4) is 11.6 Å². The smallest absolute Gasteiger partial charge is 0.269 e. The third-order valence-corrected chi connectivity index (χ3v) is 7.20. The summed E-state index contributed by atoms with van der Waals surface area (Å²) in [6.45, 7) is 4.91. The number of rotatable bonds is 9. The zero-order valence-electron chi connectivity index (χ0n) is 19.3. The third-order valence-electron chi connectivity index (χ3n) is 5.82. The number of thiocarbonyl (C=S) groups is 1. The van der Waals surface area contributed by atoms with Crippen molar-refractivity contribution in [2.24, 2.45) is 5.92 Å². The first-order valence-electron chi connectivity index (χ1n) is 11.5. The summed E-state index contributed by atoms with van der Waals surface area (Å²) in [6, 6.07) is 14.5. The van der Waals surface area contributed by atoms with Gasteiger partial charge in [-0.2, -0.15) is 4.98 Å². The molecule has 1 aliphatic heterocycles. The lowest BCUT2D eigenvalue weighted by molar-refractivity contribution is -0.122. The van der Waals surface area contributed by atoms with Gasteiger partial charge in [0.15, 0.2) is 0 Å². The normalized spacial score (nSPS) is 15.9. The Morgan fingerprint density at radius 3 is 2.62 bits per heavy atom. The van der Waals surface area contributed by atoms with Crippen LogP contribution in [0.3, 0.4) is 0 Å². The molecule has 0 saturated carbocycles. The highest BCUT2D eigenvalue weighted by Gasteiger charge is 2.34. The van der Waals surface area contributed by atoms with E-state index in [4.69, 9.17) is 17.0 Å². The number of fused-ring (bicyclic) bond motifs is 1. The number of pyridine rings is 1. The number of para-hydroxylation sites is 1. The molecule has 1 unspecified atom stereocenters. The molecule has 34 heavy (non-hydrogen) atoms. The highest BCUT2D eigenvalue weighted by molar-refractivity contribution is 8.26. The molecule has 3 heterocycles. The Kier molecular flexibility index (Phi) is 7.80. The van der Waals surface area contributed by atoms with Crippen molar-refractivity contribution in [2.75, 3.05) is 6.54 Å². The van der Waals surface area contributed by atoms with Crippen LogP contribution >= 0.6 is 24.0 Å². The summed E-state index contributed by atoms with van der Waals surface area (Å²) in [4.78, 5) is 33.3. The number of hydrogen-bond donors (Lipinski definition) is 0. The van der Waals surface area contributed by atoms with Crippen LogP contribution in [0.5, 0.6) is 11.6 Å². The molecule has 1 aromatic carbocycles. The summed E-state index contributed by atoms with van der Waals surface area (Å²) in [6.07, 6.45) is 7.52. The molecule has 1 saturated heterocycles. The van der Waals surface area contributed by atoms with E-state index < -0.39 is 0 Å². The zero-order valence-corrected chi connectivity index (χ0v) is 20.9. The van der Waals surface area contributed by atoms with E-state index in [1.54, 1.807) is 41.4 Å². The summed E-state index contributed by atoms with van der Waals surface area (Å²) in [5, 5.41) is 0. The number of amides is 1. The number of unbranched alkanes of at least 4 members (excludes halogenated alkanes) is 1. The first-order valence-corrected chi connectivity index (χ1v) is 12.7. The maximum atomic E-state index is 13.4. The lowest BCUT2D eigenvalue weighted by Crippen LogP contribution is -2.33. The van der Waals surface area contributed by atoms with Crippen LogP contribution in [0, 0.1) is 5.92 Å². The molecule has 8 heteroatoms. The van der Waals surface area contributed by atoms with Crippen LogP contribution in [0.15, 0.2) is 64.4 Å². The van der Waals surface area contributed by atoms with Gasteiger partial charge in [-0.25, -0.2) is 0 Å². The van der Waals surface area contributed by atoms with E-state index in [0.29, 0.717) is 33.1 Å². The van der Waals surface area contributed by atoms with E-state index in [0.717, 1.165) is 25.7 Å². The Labute approximate surface area is 208 Å². The van der Waals surface area contributed by atoms with E-state index in [1.165, 1.54) is 16.2 Å². The lowest BCUT2D eigenvalue weighted by Gasteiger charge is -2.21. The molecule has 2 aromatic heterocycles. The third kappa shape index (κ3) is 5.23. The molecule has 1 fully saturated rings. The fourth-order valence-corrected chi connectivity index (χ4v) is 5.10. The molecule has 176 valence electrons. The quantitative estimate of drug-likeness (QED) is 0.273. The molecule has 3 aromatic rings. The maximum absolute atomic E-state index is 13.4. The SMILES string of the molecule is CCCCC(CC)CN1C(=O)C(=Cc2c(Oc3ccccc3)nc3ccccn3c2=O)SC1=S. The molecule has 1 atom stereocenters. The highest BCUT2D eigenvalue weighted by atomic mass is 32.2. The Morgan fingerprint density at radius 2 is 1.88 bits per heavy atom. The molecule has 0 N–H and O–H groups in total. The molecule has 0 radical (unpaired) electrons. The van der Waals surface area contributed by atoms with Gasteiger partial charge in [0.2, 0.25) is 5.88 Å². The van der Waals surface area contributed by atoms with Crippen molar-refractivity contribution in [3.05, 3.63) is 75.6 Å². The van der Waals surface area contributed by atoms with Crippen LogP contribution in [0.2, 0.25) is 0 Å². The largest absolute Gasteiger partial charge is 0.438 e. The van der Waals surface area contributed by atoms with Crippen LogP contribution in [0.25, 0.3) is 11.7 Å². The Hall–Kier alpha value is -2.97. The zero-order chi connectivity index (χ0) is 24.1. The molecule has 0 bridgehead atoms. The molecule has 6 nitrogen and oxygen atoms in total. The molecule has 0 spiro atoms. The first kappa shape index (κ1) is 24.2. The van der Waals surface area contributed by atoms with E-state index in [1.807, 2.05) is 24.3 Å². The fourth-order valence-electron chi connectivity index (χ4n) is 3.85. The van der Waals surface area contributed by atoms with Gasteiger partial charge in [-0.1, -0.05) is 81.4 Å². The van der Waals surface area contributed by atoms with Crippen LogP contribution in [-0.2, 0) is 4.79 Å². The van der Waals surface area contributed by atoms with Gasteiger partial charge in [-0.05, 0) is 42.7 Å². The highest BCUT2D eigenvalue weighted by Crippen LogP contribution is 2.35.